The fourth-order valence-corrected chi connectivity index (χ4v) is 1.94. The third-order valence-corrected chi connectivity index (χ3v) is 2.77. The Bertz CT molecular complexity index is 295. The van der Waals surface area contributed by atoms with Crippen LogP contribution in [0.25, 0.3) is 0 Å². The Morgan fingerprint density at radius 3 is 3.07 bits per heavy atom. The highest BCUT2D eigenvalue weighted by atomic mass is 35.5. The Balaban J connectivity index is 2.16. The summed E-state index contributed by atoms with van der Waals surface area (Å²) in [5.74, 6) is 0. The van der Waals surface area contributed by atoms with Crippen molar-refractivity contribution in [3.8, 4) is 0 Å². The molecule has 0 spiro atoms. The van der Waals surface area contributed by atoms with E-state index < -0.39 is 0 Å². The summed E-state index contributed by atoms with van der Waals surface area (Å²) in [5.41, 5.74) is 1.14. The van der Waals surface area contributed by atoms with Gasteiger partial charge in [0.15, 0.2) is 0 Å². The first-order valence-corrected chi connectivity index (χ1v) is 5.31. The van der Waals surface area contributed by atoms with Gasteiger partial charge >= 0.3 is 0 Å². The molecular weight excluding hydrogens is 198 g/mol. The Morgan fingerprint density at radius 1 is 1.36 bits per heavy atom. The molecule has 3 heteroatoms. The van der Waals surface area contributed by atoms with E-state index in [0.717, 1.165) is 30.2 Å². The zero-order valence-corrected chi connectivity index (χ0v) is 8.76. The molecule has 0 bridgehead atoms. The molecule has 1 unspecified atom stereocenters. The minimum absolute atomic E-state index is 0.242. The standard InChI is InChI=1S/C11H14ClNO/c12-10-5-2-1-4-9(10)11-8-14-7-3-6-13-11/h1-2,4-5,11,13H,3,6-8H2. The third kappa shape index (κ3) is 2.27. The van der Waals surface area contributed by atoms with Gasteiger partial charge in [-0.15, -0.1) is 0 Å². The lowest BCUT2D eigenvalue weighted by atomic mass is 10.1. The molecule has 76 valence electrons. The maximum Gasteiger partial charge on any atom is 0.0662 e. The molecule has 1 N–H and O–H groups in total. The molecule has 1 saturated heterocycles. The van der Waals surface area contributed by atoms with Crippen LogP contribution in [-0.2, 0) is 4.74 Å². The van der Waals surface area contributed by atoms with Crippen LogP contribution in [0.5, 0.6) is 0 Å². The predicted molar refractivity (Wildman–Crippen MR) is 57.6 cm³/mol. The molecule has 1 fully saturated rings. The maximum atomic E-state index is 6.12. The summed E-state index contributed by atoms with van der Waals surface area (Å²) in [7, 11) is 0. The summed E-state index contributed by atoms with van der Waals surface area (Å²) in [5, 5.41) is 4.24. The van der Waals surface area contributed by atoms with E-state index in [2.05, 4.69) is 11.4 Å². The van der Waals surface area contributed by atoms with Crippen molar-refractivity contribution in [2.45, 2.75) is 12.5 Å². The Labute approximate surface area is 89.2 Å². The molecular formula is C11H14ClNO. The second-order valence-electron chi connectivity index (χ2n) is 3.46. The highest BCUT2D eigenvalue weighted by molar-refractivity contribution is 6.31. The second kappa shape index (κ2) is 4.78. The summed E-state index contributed by atoms with van der Waals surface area (Å²) >= 11 is 6.12. The first kappa shape index (κ1) is 9.97. The minimum atomic E-state index is 0.242. The van der Waals surface area contributed by atoms with Gasteiger partial charge in [0.1, 0.15) is 0 Å². The Hall–Kier alpha value is -0.570. The van der Waals surface area contributed by atoms with E-state index in [-0.39, 0.29) is 6.04 Å². The molecule has 2 nitrogen and oxygen atoms in total. The average molecular weight is 212 g/mol. The lowest BCUT2D eigenvalue weighted by Gasteiger charge is -2.16. The van der Waals surface area contributed by atoms with Gasteiger partial charge in [-0.1, -0.05) is 29.8 Å². The molecule has 0 saturated carbocycles. The van der Waals surface area contributed by atoms with Gasteiger partial charge in [0, 0.05) is 11.6 Å². The monoisotopic (exact) mass is 211 g/mol. The van der Waals surface area contributed by atoms with E-state index in [1.165, 1.54) is 0 Å². The molecule has 14 heavy (non-hydrogen) atoms. The fourth-order valence-electron chi connectivity index (χ4n) is 1.67. The van der Waals surface area contributed by atoms with Gasteiger partial charge in [0.25, 0.3) is 0 Å². The van der Waals surface area contributed by atoms with E-state index in [9.17, 15) is 0 Å². The summed E-state index contributed by atoms with van der Waals surface area (Å²) < 4.78 is 5.50. The first-order valence-electron chi connectivity index (χ1n) is 4.93. The van der Waals surface area contributed by atoms with Crippen LogP contribution in [0.4, 0.5) is 0 Å². The summed E-state index contributed by atoms with van der Waals surface area (Å²) in [6.45, 7) is 2.55. The van der Waals surface area contributed by atoms with E-state index in [1.54, 1.807) is 0 Å². The molecule has 1 aromatic rings. The smallest absolute Gasteiger partial charge is 0.0662 e. The van der Waals surface area contributed by atoms with E-state index in [1.807, 2.05) is 18.2 Å². The molecule has 1 heterocycles. The van der Waals surface area contributed by atoms with E-state index in [4.69, 9.17) is 16.3 Å². The van der Waals surface area contributed by atoms with E-state index in [0.29, 0.717) is 6.61 Å². The molecule has 1 atom stereocenters. The molecule has 1 aliphatic rings. The van der Waals surface area contributed by atoms with Crippen LogP contribution in [0.1, 0.15) is 18.0 Å². The van der Waals surface area contributed by atoms with Crippen molar-refractivity contribution >= 4 is 11.6 Å². The summed E-state index contributed by atoms with van der Waals surface area (Å²) in [6, 6.07) is 8.17. The number of nitrogens with one attached hydrogen (secondary N) is 1. The van der Waals surface area contributed by atoms with Crippen LogP contribution >= 0.6 is 11.6 Å². The largest absolute Gasteiger partial charge is 0.379 e. The van der Waals surface area contributed by atoms with E-state index >= 15 is 0 Å². The van der Waals surface area contributed by atoms with Gasteiger partial charge < -0.3 is 10.1 Å². The third-order valence-electron chi connectivity index (χ3n) is 2.42. The summed E-state index contributed by atoms with van der Waals surface area (Å²) in [6.07, 6.45) is 1.07. The van der Waals surface area contributed by atoms with Gasteiger partial charge in [0.05, 0.1) is 12.6 Å². The van der Waals surface area contributed by atoms with Crippen LogP contribution < -0.4 is 5.32 Å². The SMILES string of the molecule is Clc1ccccc1C1COCCCN1. The van der Waals surface area contributed by atoms with Crippen LogP contribution in [0.15, 0.2) is 24.3 Å². The fraction of sp³-hybridized carbons (Fsp3) is 0.455. The number of rotatable bonds is 1. The van der Waals surface area contributed by atoms with Crippen molar-refractivity contribution in [3.05, 3.63) is 34.9 Å². The van der Waals surface area contributed by atoms with Gasteiger partial charge in [-0.3, -0.25) is 0 Å². The molecule has 0 aromatic heterocycles. The zero-order chi connectivity index (χ0) is 9.80. The molecule has 0 aliphatic carbocycles. The van der Waals surface area contributed by atoms with Crippen molar-refractivity contribution in [1.29, 1.82) is 0 Å². The number of hydrogen-bond acceptors (Lipinski definition) is 2. The van der Waals surface area contributed by atoms with Gasteiger partial charge in [-0.2, -0.15) is 0 Å². The molecule has 2 rings (SSSR count). The Kier molecular flexibility index (Phi) is 3.40. The van der Waals surface area contributed by atoms with Crippen LogP contribution in [0.2, 0.25) is 5.02 Å². The quantitative estimate of drug-likeness (QED) is 0.770. The predicted octanol–water partition coefficient (Wildman–Crippen LogP) is 2.39. The number of benzene rings is 1. The van der Waals surface area contributed by atoms with Gasteiger partial charge in [0.2, 0.25) is 0 Å². The van der Waals surface area contributed by atoms with Crippen molar-refractivity contribution in [3.63, 3.8) is 0 Å². The first-order chi connectivity index (χ1) is 6.88. The van der Waals surface area contributed by atoms with Crippen LogP contribution in [0, 0.1) is 0 Å². The van der Waals surface area contributed by atoms with Gasteiger partial charge in [-0.25, -0.2) is 0 Å². The lowest BCUT2D eigenvalue weighted by molar-refractivity contribution is 0.131. The highest BCUT2D eigenvalue weighted by Gasteiger charge is 2.15. The average Bonchev–Trinajstić information content (AvgIpc) is 2.47. The number of hydrogen-bond donors (Lipinski definition) is 1. The minimum Gasteiger partial charge on any atom is -0.379 e. The van der Waals surface area contributed by atoms with Crippen molar-refractivity contribution in [2.24, 2.45) is 0 Å². The van der Waals surface area contributed by atoms with Crippen LogP contribution in [-0.4, -0.2) is 19.8 Å². The van der Waals surface area contributed by atoms with Gasteiger partial charge in [-0.05, 0) is 24.6 Å². The molecule has 0 amide bonds. The molecule has 0 radical (unpaired) electrons. The van der Waals surface area contributed by atoms with Crippen LogP contribution in [0.3, 0.4) is 0 Å². The second-order valence-corrected chi connectivity index (χ2v) is 3.86. The topological polar surface area (TPSA) is 21.3 Å². The van der Waals surface area contributed by atoms with Crippen molar-refractivity contribution < 1.29 is 4.74 Å². The maximum absolute atomic E-state index is 6.12. The molecule has 1 aliphatic heterocycles. The highest BCUT2D eigenvalue weighted by Crippen LogP contribution is 2.23. The Morgan fingerprint density at radius 2 is 2.21 bits per heavy atom. The normalized spacial score (nSPS) is 23.1. The lowest BCUT2D eigenvalue weighted by Crippen LogP contribution is -2.23. The number of ether oxygens (including phenoxy) is 1. The molecule has 1 aromatic carbocycles. The summed E-state index contributed by atoms with van der Waals surface area (Å²) in [4.78, 5) is 0. The van der Waals surface area contributed by atoms with Crippen molar-refractivity contribution in [2.75, 3.05) is 19.8 Å². The van der Waals surface area contributed by atoms with Crippen molar-refractivity contribution in [1.82, 2.24) is 5.32 Å². The number of halogens is 1. The zero-order valence-electron chi connectivity index (χ0n) is 8.00.